The number of aliphatic hydroxyl groups is 1. The Morgan fingerprint density at radius 2 is 1.88 bits per heavy atom. The molecule has 1 aliphatic carbocycles. The molecule has 2 amide bonds. The van der Waals surface area contributed by atoms with Crippen LogP contribution in [-0.2, 0) is 0 Å². The minimum Gasteiger partial charge on any atom is -0.493 e. The molecule has 0 unspecified atom stereocenters. The van der Waals surface area contributed by atoms with Crippen LogP contribution in [0.3, 0.4) is 0 Å². The van der Waals surface area contributed by atoms with Crippen LogP contribution in [0.15, 0.2) is 18.2 Å². The zero-order valence-electron chi connectivity index (χ0n) is 15.8. The molecule has 1 aromatic carbocycles. The summed E-state index contributed by atoms with van der Waals surface area (Å²) in [5, 5.41) is 12.2. The minimum absolute atomic E-state index is 0.0143. The van der Waals surface area contributed by atoms with Crippen LogP contribution in [0.4, 0.5) is 4.79 Å². The molecule has 0 atom stereocenters. The molecule has 0 heterocycles. The maximum atomic E-state index is 12.3. The van der Waals surface area contributed by atoms with Crippen LogP contribution in [0.1, 0.15) is 43.2 Å². The van der Waals surface area contributed by atoms with E-state index in [1.54, 1.807) is 0 Å². The molecule has 0 aromatic heterocycles. The first-order valence-corrected chi connectivity index (χ1v) is 9.33. The van der Waals surface area contributed by atoms with E-state index in [9.17, 15) is 9.90 Å². The highest BCUT2D eigenvalue weighted by molar-refractivity contribution is 5.74. The summed E-state index contributed by atoms with van der Waals surface area (Å²) in [6.45, 7) is 5.57. The smallest absolute Gasteiger partial charge is 0.317 e. The van der Waals surface area contributed by atoms with Gasteiger partial charge in [-0.1, -0.05) is 18.2 Å². The van der Waals surface area contributed by atoms with E-state index in [4.69, 9.17) is 4.74 Å². The number of carbonyl (C=O) groups is 1. The second kappa shape index (κ2) is 9.66. The SMILES string of the molecule is Cc1cccc(C)c1OCCCNC(=O)N(C)C1CCC(CO)CC1. The largest absolute Gasteiger partial charge is 0.493 e. The molecule has 1 aliphatic rings. The number of amides is 2. The second-order valence-electron chi connectivity index (χ2n) is 7.12. The number of urea groups is 1. The summed E-state index contributed by atoms with van der Waals surface area (Å²) in [5.74, 6) is 1.36. The van der Waals surface area contributed by atoms with Gasteiger partial charge >= 0.3 is 6.03 Å². The van der Waals surface area contributed by atoms with E-state index in [1.165, 1.54) is 0 Å². The molecule has 1 fully saturated rings. The molecule has 5 nitrogen and oxygen atoms in total. The number of hydrogen-bond acceptors (Lipinski definition) is 3. The number of hydrogen-bond donors (Lipinski definition) is 2. The van der Waals surface area contributed by atoms with Gasteiger partial charge in [0.1, 0.15) is 5.75 Å². The monoisotopic (exact) mass is 348 g/mol. The van der Waals surface area contributed by atoms with Gasteiger partial charge in [-0.15, -0.1) is 0 Å². The molecule has 2 rings (SSSR count). The molecular formula is C20H32N2O3. The van der Waals surface area contributed by atoms with Crippen LogP contribution in [-0.4, -0.2) is 48.9 Å². The fraction of sp³-hybridized carbons (Fsp3) is 0.650. The van der Waals surface area contributed by atoms with Gasteiger partial charge in [-0.2, -0.15) is 0 Å². The van der Waals surface area contributed by atoms with E-state index in [0.717, 1.165) is 49.0 Å². The van der Waals surface area contributed by atoms with Gasteiger partial charge in [0, 0.05) is 26.2 Å². The Morgan fingerprint density at radius 3 is 2.48 bits per heavy atom. The van der Waals surface area contributed by atoms with Gasteiger partial charge < -0.3 is 20.1 Å². The van der Waals surface area contributed by atoms with Crippen molar-refractivity contribution < 1.29 is 14.6 Å². The number of rotatable bonds is 7. The van der Waals surface area contributed by atoms with Crippen molar-refractivity contribution in [2.75, 3.05) is 26.8 Å². The van der Waals surface area contributed by atoms with Crippen LogP contribution in [0.25, 0.3) is 0 Å². The number of para-hydroxylation sites is 1. The predicted molar refractivity (Wildman–Crippen MR) is 100 cm³/mol. The zero-order chi connectivity index (χ0) is 18.2. The number of carbonyl (C=O) groups excluding carboxylic acids is 1. The molecule has 0 radical (unpaired) electrons. The Morgan fingerprint density at radius 1 is 1.24 bits per heavy atom. The van der Waals surface area contributed by atoms with Gasteiger partial charge in [0.2, 0.25) is 0 Å². The lowest BCUT2D eigenvalue weighted by Crippen LogP contribution is -2.45. The molecule has 2 N–H and O–H groups in total. The Bertz CT molecular complexity index is 534. The van der Waals surface area contributed by atoms with E-state index >= 15 is 0 Å². The average Bonchev–Trinajstić information content (AvgIpc) is 2.62. The molecule has 1 saturated carbocycles. The topological polar surface area (TPSA) is 61.8 Å². The molecule has 1 aromatic rings. The van der Waals surface area contributed by atoms with Crippen LogP contribution < -0.4 is 10.1 Å². The molecule has 140 valence electrons. The third kappa shape index (κ3) is 5.63. The van der Waals surface area contributed by atoms with Gasteiger partial charge in [-0.25, -0.2) is 4.79 Å². The number of aryl methyl sites for hydroxylation is 2. The van der Waals surface area contributed by atoms with E-state index < -0.39 is 0 Å². The number of nitrogens with one attached hydrogen (secondary N) is 1. The molecule has 5 heteroatoms. The summed E-state index contributed by atoms with van der Waals surface area (Å²) in [5.41, 5.74) is 2.28. The summed E-state index contributed by atoms with van der Waals surface area (Å²) in [4.78, 5) is 14.1. The highest BCUT2D eigenvalue weighted by atomic mass is 16.5. The molecule has 0 saturated heterocycles. The van der Waals surface area contributed by atoms with E-state index in [0.29, 0.717) is 19.1 Å². The molecule has 0 spiro atoms. The van der Waals surface area contributed by atoms with Crippen molar-refractivity contribution in [1.82, 2.24) is 10.2 Å². The number of aliphatic hydroxyl groups excluding tert-OH is 1. The van der Waals surface area contributed by atoms with Crippen LogP contribution in [0, 0.1) is 19.8 Å². The van der Waals surface area contributed by atoms with Crippen molar-refractivity contribution in [3.63, 3.8) is 0 Å². The summed E-state index contributed by atoms with van der Waals surface area (Å²) < 4.78 is 5.86. The van der Waals surface area contributed by atoms with Gasteiger partial charge in [-0.05, 0) is 63.0 Å². The van der Waals surface area contributed by atoms with Crippen molar-refractivity contribution in [3.8, 4) is 5.75 Å². The van der Waals surface area contributed by atoms with E-state index in [-0.39, 0.29) is 18.7 Å². The highest BCUT2D eigenvalue weighted by Gasteiger charge is 2.25. The molecule has 0 aliphatic heterocycles. The lowest BCUT2D eigenvalue weighted by molar-refractivity contribution is 0.134. The highest BCUT2D eigenvalue weighted by Crippen LogP contribution is 2.26. The van der Waals surface area contributed by atoms with Crippen molar-refractivity contribution in [1.29, 1.82) is 0 Å². The molecule has 25 heavy (non-hydrogen) atoms. The Balaban J connectivity index is 1.65. The second-order valence-corrected chi connectivity index (χ2v) is 7.12. The van der Waals surface area contributed by atoms with E-state index in [1.807, 2.05) is 44.0 Å². The third-order valence-electron chi connectivity index (χ3n) is 5.20. The van der Waals surface area contributed by atoms with Gasteiger partial charge in [0.15, 0.2) is 0 Å². The van der Waals surface area contributed by atoms with Gasteiger partial charge in [-0.3, -0.25) is 0 Å². The van der Waals surface area contributed by atoms with Crippen molar-refractivity contribution in [2.45, 2.75) is 52.0 Å². The first-order valence-electron chi connectivity index (χ1n) is 9.33. The van der Waals surface area contributed by atoms with E-state index in [2.05, 4.69) is 5.32 Å². The molecular weight excluding hydrogens is 316 g/mol. The fourth-order valence-electron chi connectivity index (χ4n) is 3.47. The third-order valence-corrected chi connectivity index (χ3v) is 5.20. The van der Waals surface area contributed by atoms with Crippen LogP contribution in [0.5, 0.6) is 5.75 Å². The average molecular weight is 348 g/mol. The standard InChI is InChI=1S/C20H32N2O3/c1-15-6-4-7-16(2)19(15)25-13-5-12-21-20(24)22(3)18-10-8-17(14-23)9-11-18/h4,6-7,17-18,23H,5,8-14H2,1-3H3,(H,21,24). The predicted octanol–water partition coefficient (Wildman–Crippen LogP) is 3.26. The van der Waals surface area contributed by atoms with Gasteiger partial charge in [0.25, 0.3) is 0 Å². The minimum atomic E-state index is -0.0143. The van der Waals surface area contributed by atoms with Crippen LogP contribution in [0.2, 0.25) is 0 Å². The fourth-order valence-corrected chi connectivity index (χ4v) is 3.47. The summed E-state index contributed by atoms with van der Waals surface area (Å²) in [6, 6.07) is 6.39. The number of benzene rings is 1. The Kier molecular flexibility index (Phi) is 7.56. The van der Waals surface area contributed by atoms with Gasteiger partial charge in [0.05, 0.1) is 6.61 Å². The number of nitrogens with zero attached hydrogens (tertiary/aromatic N) is 1. The first-order chi connectivity index (χ1) is 12.0. The van der Waals surface area contributed by atoms with Crippen LogP contribution >= 0.6 is 0 Å². The Hall–Kier alpha value is -1.75. The summed E-state index contributed by atoms with van der Waals surface area (Å²) in [7, 11) is 1.87. The zero-order valence-corrected chi connectivity index (χ0v) is 15.8. The van der Waals surface area contributed by atoms with Crippen molar-refractivity contribution in [2.24, 2.45) is 5.92 Å². The lowest BCUT2D eigenvalue weighted by Gasteiger charge is -2.34. The maximum absolute atomic E-state index is 12.3. The summed E-state index contributed by atoms with van der Waals surface area (Å²) in [6.07, 6.45) is 4.74. The lowest BCUT2D eigenvalue weighted by atomic mass is 9.86. The Labute approximate surface area is 151 Å². The number of ether oxygens (including phenoxy) is 1. The first kappa shape index (κ1) is 19.6. The molecule has 0 bridgehead atoms. The van der Waals surface area contributed by atoms with Crippen molar-refractivity contribution in [3.05, 3.63) is 29.3 Å². The maximum Gasteiger partial charge on any atom is 0.317 e. The quantitative estimate of drug-likeness (QED) is 0.744. The summed E-state index contributed by atoms with van der Waals surface area (Å²) >= 11 is 0. The normalized spacial score (nSPS) is 20.2. The van der Waals surface area contributed by atoms with Crippen molar-refractivity contribution >= 4 is 6.03 Å².